The Morgan fingerprint density at radius 2 is 1.24 bits per heavy atom. The third-order valence-corrected chi connectivity index (χ3v) is 6.12. The highest BCUT2D eigenvalue weighted by molar-refractivity contribution is 6.30. The van der Waals surface area contributed by atoms with Crippen molar-refractivity contribution < 1.29 is 19.7 Å². The van der Waals surface area contributed by atoms with E-state index in [0.29, 0.717) is 22.0 Å². The molecule has 2 aromatic heterocycles. The van der Waals surface area contributed by atoms with Crippen molar-refractivity contribution in [3.8, 4) is 11.5 Å². The lowest BCUT2D eigenvalue weighted by molar-refractivity contribution is 0.185. The second-order valence-electron chi connectivity index (χ2n) is 8.05. The fraction of sp³-hybridized carbons (Fsp3) is 0.360. The number of aryl methyl sites for hydroxylation is 2. The van der Waals surface area contributed by atoms with Gasteiger partial charge >= 0.3 is 0 Å². The van der Waals surface area contributed by atoms with Gasteiger partial charge in [-0.25, -0.2) is 0 Å². The van der Waals surface area contributed by atoms with Gasteiger partial charge < -0.3 is 28.8 Å². The Bertz CT molecular complexity index is 1200. The molecule has 1 aromatic carbocycles. The van der Waals surface area contributed by atoms with Crippen molar-refractivity contribution in [2.45, 2.75) is 32.9 Å². The van der Waals surface area contributed by atoms with Crippen LogP contribution in [0.2, 0.25) is 5.02 Å². The van der Waals surface area contributed by atoms with E-state index in [0.717, 1.165) is 0 Å². The molecule has 0 unspecified atom stereocenters. The van der Waals surface area contributed by atoms with E-state index in [4.69, 9.17) is 21.1 Å². The van der Waals surface area contributed by atoms with E-state index in [-0.39, 0.29) is 48.9 Å². The van der Waals surface area contributed by atoms with Crippen molar-refractivity contribution in [3.05, 3.63) is 90.2 Å². The number of aromatic nitrogens is 2. The number of hydrogen-bond donors (Lipinski definition) is 2. The van der Waals surface area contributed by atoms with Gasteiger partial charge in [-0.3, -0.25) is 9.59 Å². The van der Waals surface area contributed by atoms with Crippen LogP contribution in [0.3, 0.4) is 0 Å². The van der Waals surface area contributed by atoms with E-state index in [1.165, 1.54) is 35.5 Å². The van der Waals surface area contributed by atoms with Crippen LogP contribution in [0.4, 0.5) is 0 Å². The van der Waals surface area contributed by atoms with E-state index < -0.39 is 17.0 Å². The van der Waals surface area contributed by atoms with Crippen LogP contribution in [0.5, 0.6) is 11.5 Å². The van der Waals surface area contributed by atoms with Crippen LogP contribution >= 0.6 is 11.6 Å². The molecule has 0 atom stereocenters. The summed E-state index contributed by atoms with van der Waals surface area (Å²) in [4.78, 5) is 27.3. The molecule has 0 saturated carbocycles. The number of aromatic hydroxyl groups is 2. The van der Waals surface area contributed by atoms with Crippen molar-refractivity contribution in [1.29, 1.82) is 0 Å². The van der Waals surface area contributed by atoms with Gasteiger partial charge in [-0.05, 0) is 43.7 Å². The van der Waals surface area contributed by atoms with E-state index in [2.05, 4.69) is 0 Å². The number of ether oxygens (including phenoxy) is 2. The standard InChI is InChI=1S/C25H29ClN2O6/c1-15-13-19(29)22(24(31)27(15)9-11-33-3)21(17-5-7-18(26)8-6-17)23-20(30)14-16(2)28(25(23)32)10-12-34-4/h5-8,13-14,21,29-30H,9-12H2,1-4H3. The van der Waals surface area contributed by atoms with Gasteiger partial charge in [-0.15, -0.1) is 0 Å². The summed E-state index contributed by atoms with van der Waals surface area (Å²) in [7, 11) is 3.07. The third kappa shape index (κ3) is 5.04. The van der Waals surface area contributed by atoms with Gasteiger partial charge in [0.2, 0.25) is 0 Å². The summed E-state index contributed by atoms with van der Waals surface area (Å²) in [5.74, 6) is -1.57. The number of pyridine rings is 2. The fourth-order valence-electron chi connectivity index (χ4n) is 4.13. The van der Waals surface area contributed by atoms with E-state index >= 15 is 0 Å². The Balaban J connectivity index is 2.38. The maximum Gasteiger partial charge on any atom is 0.258 e. The van der Waals surface area contributed by atoms with Crippen molar-refractivity contribution in [1.82, 2.24) is 9.13 Å². The van der Waals surface area contributed by atoms with Gasteiger partial charge in [-0.1, -0.05) is 23.7 Å². The van der Waals surface area contributed by atoms with Crippen LogP contribution in [0.1, 0.15) is 34.0 Å². The molecular weight excluding hydrogens is 460 g/mol. The predicted molar refractivity (Wildman–Crippen MR) is 130 cm³/mol. The first-order valence-electron chi connectivity index (χ1n) is 10.8. The quantitative estimate of drug-likeness (QED) is 0.479. The first-order chi connectivity index (χ1) is 16.2. The normalized spacial score (nSPS) is 11.4. The maximum atomic E-state index is 13.6. The van der Waals surface area contributed by atoms with Crippen molar-refractivity contribution in [3.63, 3.8) is 0 Å². The number of methoxy groups -OCH3 is 2. The first-order valence-corrected chi connectivity index (χ1v) is 11.2. The summed E-state index contributed by atoms with van der Waals surface area (Å²) in [6.45, 7) is 4.52. The van der Waals surface area contributed by atoms with Crippen LogP contribution in [0, 0.1) is 13.8 Å². The predicted octanol–water partition coefficient (Wildman–Crippen LogP) is 3.16. The van der Waals surface area contributed by atoms with Crippen molar-refractivity contribution in [2.75, 3.05) is 27.4 Å². The van der Waals surface area contributed by atoms with Crippen LogP contribution in [0.15, 0.2) is 46.0 Å². The van der Waals surface area contributed by atoms with Gasteiger partial charge in [0.1, 0.15) is 11.5 Å². The number of hydrogen-bond acceptors (Lipinski definition) is 6. The highest BCUT2D eigenvalue weighted by Gasteiger charge is 2.31. The zero-order valence-corrected chi connectivity index (χ0v) is 20.4. The molecule has 0 saturated heterocycles. The molecule has 182 valence electrons. The van der Waals surface area contributed by atoms with Gasteiger partial charge in [0.05, 0.1) is 30.3 Å². The van der Waals surface area contributed by atoms with Gasteiger partial charge in [-0.2, -0.15) is 0 Å². The van der Waals surface area contributed by atoms with Gasteiger partial charge in [0.15, 0.2) is 0 Å². The topological polar surface area (TPSA) is 103 Å². The molecule has 34 heavy (non-hydrogen) atoms. The van der Waals surface area contributed by atoms with Crippen LogP contribution in [-0.2, 0) is 22.6 Å². The molecule has 0 aliphatic rings. The number of halogens is 1. The Morgan fingerprint density at radius 1 is 0.824 bits per heavy atom. The third-order valence-electron chi connectivity index (χ3n) is 5.86. The molecule has 0 aliphatic carbocycles. The Hall–Kier alpha value is -3.07. The lowest BCUT2D eigenvalue weighted by atomic mass is 9.85. The summed E-state index contributed by atoms with van der Waals surface area (Å²) in [5.41, 5.74) is 0.632. The molecule has 0 fully saturated rings. The highest BCUT2D eigenvalue weighted by atomic mass is 35.5. The minimum Gasteiger partial charge on any atom is -0.507 e. The number of rotatable bonds is 9. The summed E-state index contributed by atoms with van der Waals surface area (Å²) in [6.07, 6.45) is 0. The van der Waals surface area contributed by atoms with Crippen molar-refractivity contribution >= 4 is 11.6 Å². The summed E-state index contributed by atoms with van der Waals surface area (Å²) in [6, 6.07) is 9.56. The molecule has 0 amide bonds. The lowest BCUT2D eigenvalue weighted by Crippen LogP contribution is -2.33. The molecule has 3 rings (SSSR count). The molecule has 3 aromatic rings. The SMILES string of the molecule is COCCn1c(C)cc(O)c(C(c2ccc(Cl)cc2)c2c(O)cc(C)n(CCOC)c2=O)c1=O. The Morgan fingerprint density at radius 3 is 1.62 bits per heavy atom. The second-order valence-corrected chi connectivity index (χ2v) is 8.49. The zero-order valence-electron chi connectivity index (χ0n) is 19.7. The smallest absolute Gasteiger partial charge is 0.258 e. The van der Waals surface area contributed by atoms with Crippen LogP contribution in [0.25, 0.3) is 0 Å². The van der Waals surface area contributed by atoms with Crippen LogP contribution in [-0.4, -0.2) is 46.8 Å². The summed E-state index contributed by atoms with van der Waals surface area (Å²) >= 11 is 6.08. The molecule has 2 N–H and O–H groups in total. The second kappa shape index (κ2) is 10.9. The average molecular weight is 489 g/mol. The van der Waals surface area contributed by atoms with Gasteiger partial charge in [0.25, 0.3) is 11.1 Å². The van der Waals surface area contributed by atoms with Gasteiger partial charge in [0, 0.05) is 43.7 Å². The monoisotopic (exact) mass is 488 g/mol. The number of nitrogens with zero attached hydrogens (tertiary/aromatic N) is 2. The molecule has 0 spiro atoms. The molecule has 0 radical (unpaired) electrons. The molecule has 8 nitrogen and oxygen atoms in total. The molecule has 2 heterocycles. The first kappa shape index (κ1) is 25.6. The largest absolute Gasteiger partial charge is 0.507 e. The van der Waals surface area contributed by atoms with E-state index in [1.54, 1.807) is 38.1 Å². The minimum atomic E-state index is -1.04. The molecule has 9 heteroatoms. The van der Waals surface area contributed by atoms with E-state index in [9.17, 15) is 19.8 Å². The molecule has 0 aliphatic heterocycles. The number of benzene rings is 1. The highest BCUT2D eigenvalue weighted by Crippen LogP contribution is 2.38. The van der Waals surface area contributed by atoms with Crippen LogP contribution < -0.4 is 11.1 Å². The zero-order chi connectivity index (χ0) is 25.0. The Labute approximate surface area is 202 Å². The summed E-state index contributed by atoms with van der Waals surface area (Å²) in [5, 5.41) is 22.3. The molecular formula is C25H29ClN2O6. The summed E-state index contributed by atoms with van der Waals surface area (Å²) < 4.78 is 13.2. The maximum absolute atomic E-state index is 13.6. The average Bonchev–Trinajstić information content (AvgIpc) is 2.78. The fourth-order valence-corrected chi connectivity index (χ4v) is 4.26. The van der Waals surface area contributed by atoms with Crippen molar-refractivity contribution in [2.24, 2.45) is 0 Å². The van der Waals surface area contributed by atoms with E-state index in [1.807, 2.05) is 0 Å². The lowest BCUT2D eigenvalue weighted by Gasteiger charge is -2.23. The molecule has 0 bridgehead atoms. The Kier molecular flexibility index (Phi) is 8.19. The minimum absolute atomic E-state index is 0.0152.